The molecule has 0 saturated heterocycles. The average Bonchev–Trinajstić information content (AvgIpc) is 2.55. The zero-order chi connectivity index (χ0) is 15.4. The Morgan fingerprint density at radius 2 is 2.23 bits per heavy atom. The third-order valence-electron chi connectivity index (χ3n) is 3.85. The first-order valence-corrected chi connectivity index (χ1v) is 8.37. The molecule has 0 saturated carbocycles. The highest BCUT2D eigenvalue weighted by Crippen LogP contribution is 2.25. The van der Waals surface area contributed by atoms with E-state index in [4.69, 9.17) is 5.73 Å². The summed E-state index contributed by atoms with van der Waals surface area (Å²) < 4.78 is 1.08. The fourth-order valence-electron chi connectivity index (χ4n) is 2.74. The molecule has 0 spiro atoms. The van der Waals surface area contributed by atoms with Crippen LogP contribution in [0.3, 0.4) is 0 Å². The topological polar surface area (TPSA) is 62.1 Å². The van der Waals surface area contributed by atoms with E-state index < -0.39 is 0 Å². The molecule has 2 atom stereocenters. The zero-order valence-corrected chi connectivity index (χ0v) is 13.9. The van der Waals surface area contributed by atoms with Crippen molar-refractivity contribution in [1.82, 2.24) is 16.0 Å². The van der Waals surface area contributed by atoms with Crippen LogP contribution in [-0.4, -0.2) is 25.3 Å². The highest BCUT2D eigenvalue weighted by Gasteiger charge is 2.27. The first-order valence-electron chi connectivity index (χ1n) is 7.58. The summed E-state index contributed by atoms with van der Waals surface area (Å²) in [5, 5.41) is 10.6. The van der Waals surface area contributed by atoms with E-state index in [1.54, 1.807) is 0 Å². The van der Waals surface area contributed by atoms with Gasteiger partial charge in [-0.15, -0.1) is 0 Å². The summed E-state index contributed by atoms with van der Waals surface area (Å²) in [6, 6.07) is 8.56. The predicted octanol–water partition coefficient (Wildman–Crippen LogP) is 2.07. The lowest BCUT2D eigenvalue weighted by Gasteiger charge is -2.35. The Kier molecular flexibility index (Phi) is 4.97. The number of rotatable bonds is 5. The van der Waals surface area contributed by atoms with Crippen LogP contribution in [0.1, 0.15) is 12.0 Å². The highest BCUT2D eigenvalue weighted by atomic mass is 79.9. The van der Waals surface area contributed by atoms with E-state index in [1.807, 2.05) is 18.3 Å². The van der Waals surface area contributed by atoms with Crippen LogP contribution >= 0.6 is 15.9 Å². The number of nitrogens with two attached hydrogens (primary N) is 1. The second-order valence-electron chi connectivity index (χ2n) is 5.43. The van der Waals surface area contributed by atoms with E-state index in [2.05, 4.69) is 62.2 Å². The Balaban J connectivity index is 1.85. The van der Waals surface area contributed by atoms with Gasteiger partial charge in [-0.1, -0.05) is 34.1 Å². The van der Waals surface area contributed by atoms with Crippen molar-refractivity contribution in [3.05, 3.63) is 64.3 Å². The van der Waals surface area contributed by atoms with Crippen LogP contribution in [0.5, 0.6) is 0 Å². The van der Waals surface area contributed by atoms with Crippen LogP contribution in [0.25, 0.3) is 5.70 Å². The molecule has 3 rings (SSSR count). The second kappa shape index (κ2) is 7.13. The Labute approximate surface area is 139 Å². The molecule has 2 aliphatic heterocycles. The third-order valence-corrected chi connectivity index (χ3v) is 4.34. The molecule has 2 aliphatic rings. The number of allylic oxidation sites excluding steroid dienone is 2. The monoisotopic (exact) mass is 360 g/mol. The quantitative estimate of drug-likeness (QED) is 0.607. The summed E-state index contributed by atoms with van der Waals surface area (Å²) in [4.78, 5) is 0. The van der Waals surface area contributed by atoms with Gasteiger partial charge in [0.2, 0.25) is 0 Å². The summed E-state index contributed by atoms with van der Waals surface area (Å²) >= 11 is 3.54. The van der Waals surface area contributed by atoms with Crippen molar-refractivity contribution in [2.45, 2.75) is 18.6 Å². The predicted molar refractivity (Wildman–Crippen MR) is 94.9 cm³/mol. The number of dihydropyridines is 1. The molecule has 2 unspecified atom stereocenters. The van der Waals surface area contributed by atoms with Gasteiger partial charge in [0.1, 0.15) is 6.17 Å². The molecule has 0 radical (unpaired) electrons. The van der Waals surface area contributed by atoms with Gasteiger partial charge < -0.3 is 16.4 Å². The van der Waals surface area contributed by atoms with Crippen molar-refractivity contribution in [2.75, 3.05) is 13.1 Å². The molecular formula is C17H21BrN4. The minimum atomic E-state index is 0.119. The van der Waals surface area contributed by atoms with E-state index in [9.17, 15) is 0 Å². The Bertz CT molecular complexity index is 621. The van der Waals surface area contributed by atoms with Crippen LogP contribution in [0, 0.1) is 0 Å². The molecule has 1 aromatic rings. The van der Waals surface area contributed by atoms with Gasteiger partial charge >= 0.3 is 0 Å². The van der Waals surface area contributed by atoms with Gasteiger partial charge in [-0.05, 0) is 61.1 Å². The smallest absolute Gasteiger partial charge is 0.102 e. The van der Waals surface area contributed by atoms with Gasteiger partial charge in [0.05, 0.1) is 6.04 Å². The number of hydrogen-bond acceptors (Lipinski definition) is 4. The number of hydrogen-bond donors (Lipinski definition) is 4. The molecule has 116 valence electrons. The minimum Gasteiger partial charge on any atom is -0.381 e. The van der Waals surface area contributed by atoms with Gasteiger partial charge in [0.15, 0.2) is 0 Å². The first-order chi connectivity index (χ1) is 10.8. The molecule has 0 bridgehead atoms. The third kappa shape index (κ3) is 3.43. The molecule has 4 nitrogen and oxygen atoms in total. The van der Waals surface area contributed by atoms with Crippen LogP contribution in [0.2, 0.25) is 0 Å². The Morgan fingerprint density at radius 1 is 1.32 bits per heavy atom. The summed E-state index contributed by atoms with van der Waals surface area (Å²) in [7, 11) is 0. The van der Waals surface area contributed by atoms with E-state index >= 15 is 0 Å². The van der Waals surface area contributed by atoms with Gasteiger partial charge in [0.25, 0.3) is 0 Å². The van der Waals surface area contributed by atoms with Crippen LogP contribution in [0.15, 0.2) is 58.7 Å². The van der Waals surface area contributed by atoms with Gasteiger partial charge in [0, 0.05) is 10.2 Å². The van der Waals surface area contributed by atoms with Crippen molar-refractivity contribution in [1.29, 1.82) is 0 Å². The van der Waals surface area contributed by atoms with Crippen molar-refractivity contribution in [3.63, 3.8) is 0 Å². The molecule has 5 N–H and O–H groups in total. The fourth-order valence-corrected chi connectivity index (χ4v) is 3.14. The molecular weight excluding hydrogens is 340 g/mol. The lowest BCUT2D eigenvalue weighted by molar-refractivity contribution is 0.487. The molecule has 22 heavy (non-hydrogen) atoms. The SMILES string of the molecule is NCCCNC1NC(c2cccc(Br)c2)=CC2NC=CC=C21. The van der Waals surface area contributed by atoms with E-state index in [-0.39, 0.29) is 12.2 Å². The minimum absolute atomic E-state index is 0.119. The molecule has 0 fully saturated rings. The van der Waals surface area contributed by atoms with Gasteiger partial charge in [-0.3, -0.25) is 5.32 Å². The summed E-state index contributed by atoms with van der Waals surface area (Å²) in [6.07, 6.45) is 9.53. The van der Waals surface area contributed by atoms with Gasteiger partial charge in [-0.25, -0.2) is 0 Å². The van der Waals surface area contributed by atoms with E-state index in [0.29, 0.717) is 6.54 Å². The maximum absolute atomic E-state index is 5.60. The number of fused-ring (bicyclic) bond motifs is 1. The Morgan fingerprint density at radius 3 is 3.05 bits per heavy atom. The fraction of sp³-hybridized carbons (Fsp3) is 0.294. The van der Waals surface area contributed by atoms with Crippen molar-refractivity contribution < 1.29 is 0 Å². The number of benzene rings is 1. The first kappa shape index (κ1) is 15.3. The maximum Gasteiger partial charge on any atom is 0.102 e. The van der Waals surface area contributed by atoms with Crippen molar-refractivity contribution in [3.8, 4) is 0 Å². The lowest BCUT2D eigenvalue weighted by atomic mass is 9.94. The molecule has 0 amide bonds. The van der Waals surface area contributed by atoms with Gasteiger partial charge in [-0.2, -0.15) is 0 Å². The molecule has 0 aliphatic carbocycles. The molecule has 5 heteroatoms. The lowest BCUT2D eigenvalue weighted by Crippen LogP contribution is -2.51. The van der Waals surface area contributed by atoms with E-state index in [1.165, 1.54) is 11.1 Å². The number of nitrogens with one attached hydrogen (secondary N) is 3. The molecule has 1 aromatic carbocycles. The highest BCUT2D eigenvalue weighted by molar-refractivity contribution is 9.10. The molecule has 2 heterocycles. The standard InChI is InChI=1S/C17H21BrN4/c18-13-5-1-4-12(10-13)15-11-16-14(6-2-8-20-16)17(22-15)21-9-3-7-19/h1-2,4-6,8,10-11,16-17,20-22H,3,7,9,19H2. The van der Waals surface area contributed by atoms with Crippen LogP contribution in [-0.2, 0) is 0 Å². The number of halogens is 1. The van der Waals surface area contributed by atoms with Crippen LogP contribution < -0.4 is 21.7 Å². The largest absolute Gasteiger partial charge is 0.381 e. The van der Waals surface area contributed by atoms with Crippen LogP contribution in [0.4, 0.5) is 0 Å². The van der Waals surface area contributed by atoms with E-state index in [0.717, 1.165) is 23.1 Å². The zero-order valence-electron chi connectivity index (χ0n) is 12.4. The summed E-state index contributed by atoms with van der Waals surface area (Å²) in [5.74, 6) is 0. The maximum atomic E-state index is 5.60. The normalized spacial score (nSPS) is 23.0. The summed E-state index contributed by atoms with van der Waals surface area (Å²) in [5.41, 5.74) is 9.21. The van der Waals surface area contributed by atoms with Crippen molar-refractivity contribution in [2.24, 2.45) is 5.73 Å². The second-order valence-corrected chi connectivity index (χ2v) is 6.35. The Hall–Kier alpha value is -1.56. The average molecular weight is 361 g/mol. The van der Waals surface area contributed by atoms with Crippen molar-refractivity contribution >= 4 is 21.6 Å². The molecule has 0 aromatic heterocycles. The summed E-state index contributed by atoms with van der Waals surface area (Å²) in [6.45, 7) is 1.60.